The third-order valence-corrected chi connectivity index (χ3v) is 6.60. The Hall–Kier alpha value is -1.17. The molecule has 114 valence electrons. The molecule has 2 nitrogen and oxygen atoms in total. The van der Waals surface area contributed by atoms with Crippen LogP contribution in [0.25, 0.3) is 0 Å². The van der Waals surface area contributed by atoms with Crippen molar-refractivity contribution in [3.05, 3.63) is 35.4 Å². The largest absolute Gasteiger partial charge is 0.416 e. The van der Waals surface area contributed by atoms with Crippen LogP contribution in [-0.4, -0.2) is 20.5 Å². The molecule has 2 unspecified atom stereocenters. The number of benzene rings is 1. The van der Waals surface area contributed by atoms with E-state index in [1.165, 1.54) is 12.1 Å². The molecule has 3 rings (SSSR count). The van der Waals surface area contributed by atoms with Crippen molar-refractivity contribution >= 4 is 16.6 Å². The van der Waals surface area contributed by atoms with Crippen LogP contribution < -0.4 is 0 Å². The summed E-state index contributed by atoms with van der Waals surface area (Å²) in [5, 5.41) is 0.180. The third kappa shape index (κ3) is 2.78. The third-order valence-electron chi connectivity index (χ3n) is 4.43. The lowest BCUT2D eigenvalue weighted by Gasteiger charge is -2.26. The first-order valence-corrected chi connectivity index (χ1v) is 8.24. The second-order valence-electron chi connectivity index (χ2n) is 5.76. The fourth-order valence-electron chi connectivity index (χ4n) is 3.31. The van der Waals surface area contributed by atoms with E-state index >= 15 is 0 Å². The van der Waals surface area contributed by atoms with Crippen LogP contribution in [0.4, 0.5) is 13.2 Å². The number of carbonyl (C=O) groups excluding carboxylic acids is 1. The summed E-state index contributed by atoms with van der Waals surface area (Å²) in [6.07, 6.45) is -1.39. The molecule has 2 saturated heterocycles. The maximum Gasteiger partial charge on any atom is 0.416 e. The van der Waals surface area contributed by atoms with Gasteiger partial charge in [0.05, 0.1) is 5.56 Å². The van der Waals surface area contributed by atoms with Gasteiger partial charge in [-0.1, -0.05) is 12.1 Å². The maximum atomic E-state index is 12.5. The van der Waals surface area contributed by atoms with Crippen LogP contribution in [0.5, 0.6) is 0 Å². The van der Waals surface area contributed by atoms with E-state index in [1.54, 1.807) is 0 Å². The summed E-state index contributed by atoms with van der Waals surface area (Å²) >= 11 is 0. The first kappa shape index (κ1) is 14.8. The fraction of sp³-hybridized carbons (Fsp3) is 0.533. The van der Waals surface area contributed by atoms with E-state index in [9.17, 15) is 22.2 Å². The molecule has 0 aromatic heterocycles. The number of alkyl halides is 3. The second kappa shape index (κ2) is 5.23. The summed E-state index contributed by atoms with van der Waals surface area (Å²) < 4.78 is 49.5. The summed E-state index contributed by atoms with van der Waals surface area (Å²) in [4.78, 5) is 12.4. The topological polar surface area (TPSA) is 34.1 Å². The van der Waals surface area contributed by atoms with Crippen LogP contribution >= 0.6 is 0 Å². The van der Waals surface area contributed by atoms with E-state index in [-0.39, 0.29) is 22.2 Å². The van der Waals surface area contributed by atoms with Crippen molar-refractivity contribution in [1.82, 2.24) is 0 Å². The predicted molar refractivity (Wildman–Crippen MR) is 73.5 cm³/mol. The second-order valence-corrected chi connectivity index (χ2v) is 7.75. The first-order valence-electron chi connectivity index (χ1n) is 6.97. The molecule has 1 aromatic rings. The summed E-state index contributed by atoms with van der Waals surface area (Å²) in [5.41, 5.74) is -0.427. The first-order chi connectivity index (χ1) is 9.86. The van der Waals surface area contributed by atoms with Crippen molar-refractivity contribution in [2.24, 2.45) is 5.92 Å². The molecule has 21 heavy (non-hydrogen) atoms. The Morgan fingerprint density at radius 3 is 2.05 bits per heavy atom. The molecule has 0 radical (unpaired) electrons. The number of rotatable bonds is 2. The van der Waals surface area contributed by atoms with E-state index in [0.717, 1.165) is 25.0 Å². The number of fused-ring (bicyclic) bond motifs is 2. The van der Waals surface area contributed by atoms with Crippen LogP contribution in [-0.2, 0) is 17.0 Å². The molecule has 2 aliphatic rings. The van der Waals surface area contributed by atoms with Gasteiger partial charge in [0.15, 0.2) is 5.78 Å². The molecule has 2 heterocycles. The highest BCUT2D eigenvalue weighted by molar-refractivity contribution is 7.86. The number of ketones is 1. The standard InChI is InChI=1S/C15H15F3O2S/c16-15(17,18)11-3-1-9(2-4-11)14(19)10-7-12-5-6-13(8-10)21(12)20/h1-4,10,12-13H,5-8H2. The molecule has 0 amide bonds. The summed E-state index contributed by atoms with van der Waals surface area (Å²) in [6, 6.07) is 4.39. The van der Waals surface area contributed by atoms with E-state index in [1.807, 2.05) is 0 Å². The van der Waals surface area contributed by atoms with Gasteiger partial charge < -0.3 is 0 Å². The number of hydrogen-bond acceptors (Lipinski definition) is 2. The lowest BCUT2D eigenvalue weighted by atomic mass is 9.90. The summed E-state index contributed by atoms with van der Waals surface area (Å²) in [6.45, 7) is 0. The van der Waals surface area contributed by atoms with E-state index in [0.29, 0.717) is 18.4 Å². The van der Waals surface area contributed by atoms with E-state index < -0.39 is 22.5 Å². The lowest BCUT2D eigenvalue weighted by molar-refractivity contribution is -0.137. The average molecular weight is 316 g/mol. The predicted octanol–water partition coefficient (Wildman–Crippen LogP) is 3.58. The van der Waals surface area contributed by atoms with Crippen LogP contribution in [0.3, 0.4) is 0 Å². The molecule has 0 saturated carbocycles. The highest BCUT2D eigenvalue weighted by atomic mass is 32.2. The van der Waals surface area contributed by atoms with E-state index in [2.05, 4.69) is 0 Å². The van der Waals surface area contributed by atoms with Crippen molar-refractivity contribution in [2.75, 3.05) is 0 Å². The molecule has 0 N–H and O–H groups in total. The molecule has 2 bridgehead atoms. The molecule has 0 aliphatic carbocycles. The molecular weight excluding hydrogens is 301 g/mol. The minimum absolute atomic E-state index is 0.0900. The van der Waals surface area contributed by atoms with Gasteiger partial charge in [-0.3, -0.25) is 9.00 Å². The maximum absolute atomic E-state index is 12.5. The number of Topliss-reactive ketones (excluding diaryl/α,β-unsaturated/α-hetero) is 1. The Labute approximate surface area is 123 Å². The van der Waals surface area contributed by atoms with Gasteiger partial charge in [-0.25, -0.2) is 0 Å². The van der Waals surface area contributed by atoms with Crippen molar-refractivity contribution < 1.29 is 22.2 Å². The number of hydrogen-bond donors (Lipinski definition) is 0. The van der Waals surface area contributed by atoms with E-state index in [4.69, 9.17) is 0 Å². The van der Waals surface area contributed by atoms with Crippen molar-refractivity contribution in [1.29, 1.82) is 0 Å². The Morgan fingerprint density at radius 1 is 1.05 bits per heavy atom. The van der Waals surface area contributed by atoms with Crippen LogP contribution in [0, 0.1) is 5.92 Å². The van der Waals surface area contributed by atoms with Gasteiger partial charge in [0.2, 0.25) is 0 Å². The Bertz CT molecular complexity index is 564. The zero-order chi connectivity index (χ0) is 15.2. The molecule has 2 atom stereocenters. The SMILES string of the molecule is O=C(c1ccc(C(F)(F)F)cc1)C1CC2CCC(C1)S2=O. The smallest absolute Gasteiger partial charge is 0.294 e. The fourth-order valence-corrected chi connectivity index (χ4v) is 5.43. The normalized spacial score (nSPS) is 32.1. The average Bonchev–Trinajstić information content (AvgIpc) is 2.66. The Kier molecular flexibility index (Phi) is 3.67. The van der Waals surface area contributed by atoms with Gasteiger partial charge in [0.25, 0.3) is 0 Å². The Balaban J connectivity index is 1.75. The van der Waals surface area contributed by atoms with Crippen LogP contribution in [0.1, 0.15) is 41.6 Å². The molecule has 2 aliphatic heterocycles. The summed E-state index contributed by atoms with van der Waals surface area (Å²) in [7, 11) is -0.829. The van der Waals surface area contributed by atoms with Crippen molar-refractivity contribution in [2.45, 2.75) is 42.4 Å². The van der Waals surface area contributed by atoms with Crippen LogP contribution in [0.15, 0.2) is 24.3 Å². The highest BCUT2D eigenvalue weighted by Crippen LogP contribution is 2.40. The quantitative estimate of drug-likeness (QED) is 0.782. The van der Waals surface area contributed by atoms with Gasteiger partial charge >= 0.3 is 6.18 Å². The van der Waals surface area contributed by atoms with Gasteiger partial charge in [-0.15, -0.1) is 0 Å². The summed E-state index contributed by atoms with van der Waals surface area (Å²) in [5.74, 6) is -0.311. The van der Waals surface area contributed by atoms with Crippen LogP contribution in [0.2, 0.25) is 0 Å². The highest BCUT2D eigenvalue weighted by Gasteiger charge is 2.42. The van der Waals surface area contributed by atoms with Gasteiger partial charge in [0, 0.05) is 32.8 Å². The zero-order valence-electron chi connectivity index (χ0n) is 11.2. The van der Waals surface area contributed by atoms with Crippen molar-refractivity contribution in [3.8, 4) is 0 Å². The molecule has 0 spiro atoms. The lowest BCUT2D eigenvalue weighted by Crippen LogP contribution is -2.32. The zero-order valence-corrected chi connectivity index (χ0v) is 12.0. The molecule has 2 fully saturated rings. The number of carbonyl (C=O) groups is 1. The monoisotopic (exact) mass is 316 g/mol. The molecular formula is C15H15F3O2S. The van der Waals surface area contributed by atoms with Gasteiger partial charge in [-0.2, -0.15) is 13.2 Å². The Morgan fingerprint density at radius 2 is 1.57 bits per heavy atom. The molecule has 1 aromatic carbocycles. The molecule has 6 heteroatoms. The van der Waals surface area contributed by atoms with Gasteiger partial charge in [0.1, 0.15) is 0 Å². The van der Waals surface area contributed by atoms with Gasteiger partial charge in [-0.05, 0) is 37.8 Å². The number of halogens is 3. The minimum atomic E-state index is -4.39. The minimum Gasteiger partial charge on any atom is -0.294 e. The van der Waals surface area contributed by atoms with Crippen molar-refractivity contribution in [3.63, 3.8) is 0 Å².